The summed E-state index contributed by atoms with van der Waals surface area (Å²) in [5.41, 5.74) is 6.57. The third-order valence-corrected chi connectivity index (χ3v) is 5.48. The molecule has 0 amide bonds. The van der Waals surface area contributed by atoms with Crippen molar-refractivity contribution in [3.63, 3.8) is 0 Å². The minimum atomic E-state index is 0.179. The van der Waals surface area contributed by atoms with Gasteiger partial charge in [-0.05, 0) is 42.9 Å². The zero-order valence-corrected chi connectivity index (χ0v) is 10.8. The molecule has 3 N–H and O–H groups in total. The van der Waals surface area contributed by atoms with Gasteiger partial charge in [-0.1, -0.05) is 13.8 Å². The summed E-state index contributed by atoms with van der Waals surface area (Å²) in [7, 11) is 0. The van der Waals surface area contributed by atoms with E-state index in [1.807, 2.05) is 0 Å². The van der Waals surface area contributed by atoms with Crippen LogP contribution in [-0.2, 0) is 0 Å². The molecule has 1 atom stereocenters. The van der Waals surface area contributed by atoms with Crippen molar-refractivity contribution in [1.82, 2.24) is 5.32 Å². The zero-order chi connectivity index (χ0) is 10.9. The lowest BCUT2D eigenvalue weighted by Crippen LogP contribution is -2.64. The van der Waals surface area contributed by atoms with Crippen LogP contribution >= 0.6 is 11.8 Å². The van der Waals surface area contributed by atoms with Crippen LogP contribution in [0.1, 0.15) is 33.1 Å². The Labute approximate surface area is 97.8 Å². The molecule has 0 radical (unpaired) electrons. The van der Waals surface area contributed by atoms with E-state index < -0.39 is 0 Å². The Morgan fingerprint density at radius 1 is 1.40 bits per heavy atom. The van der Waals surface area contributed by atoms with E-state index in [1.165, 1.54) is 37.3 Å². The molecule has 88 valence electrons. The maximum Gasteiger partial charge on any atom is 0.0447 e. The molecule has 2 aliphatic rings. The fourth-order valence-corrected chi connectivity index (χ4v) is 4.13. The number of thioether (sulfide) groups is 1. The van der Waals surface area contributed by atoms with E-state index >= 15 is 0 Å². The van der Waals surface area contributed by atoms with Gasteiger partial charge in [-0.2, -0.15) is 11.8 Å². The highest BCUT2D eigenvalue weighted by Gasteiger charge is 2.46. The Hall–Kier alpha value is 0.270. The van der Waals surface area contributed by atoms with E-state index in [0.29, 0.717) is 5.41 Å². The summed E-state index contributed by atoms with van der Waals surface area (Å²) < 4.78 is 0. The second-order valence-electron chi connectivity index (χ2n) is 5.80. The molecule has 1 unspecified atom stereocenters. The number of hydrogen-bond donors (Lipinski definition) is 2. The van der Waals surface area contributed by atoms with Crippen LogP contribution in [-0.4, -0.2) is 30.1 Å². The van der Waals surface area contributed by atoms with E-state index in [1.54, 1.807) is 0 Å². The average Bonchev–Trinajstić information content (AvgIpc) is 3.00. The molecule has 0 bridgehead atoms. The monoisotopic (exact) mass is 228 g/mol. The second kappa shape index (κ2) is 4.27. The summed E-state index contributed by atoms with van der Waals surface area (Å²) in [6.07, 6.45) is 4.12. The van der Waals surface area contributed by atoms with Gasteiger partial charge in [-0.15, -0.1) is 0 Å². The molecule has 1 aliphatic heterocycles. The number of nitrogens with one attached hydrogen (secondary N) is 1. The summed E-state index contributed by atoms with van der Waals surface area (Å²) in [4.78, 5) is 0. The Balaban J connectivity index is 2.01. The number of nitrogens with two attached hydrogens (primary N) is 1. The lowest BCUT2D eigenvalue weighted by Gasteiger charge is -2.50. The predicted octanol–water partition coefficient (Wildman–Crippen LogP) is 1.85. The van der Waals surface area contributed by atoms with Gasteiger partial charge in [0.15, 0.2) is 0 Å². The molecule has 3 heteroatoms. The van der Waals surface area contributed by atoms with Crippen LogP contribution in [0, 0.1) is 11.3 Å². The molecule has 0 aromatic carbocycles. The zero-order valence-electron chi connectivity index (χ0n) is 10.0. The van der Waals surface area contributed by atoms with E-state index in [2.05, 4.69) is 30.9 Å². The van der Waals surface area contributed by atoms with E-state index in [-0.39, 0.29) is 5.54 Å². The maximum atomic E-state index is 6.04. The summed E-state index contributed by atoms with van der Waals surface area (Å²) in [6.45, 7) is 6.71. The Bertz CT molecular complexity index is 226. The fraction of sp³-hybridized carbons (Fsp3) is 1.00. The van der Waals surface area contributed by atoms with Gasteiger partial charge < -0.3 is 11.1 Å². The van der Waals surface area contributed by atoms with Crippen molar-refractivity contribution in [2.75, 3.05) is 24.6 Å². The summed E-state index contributed by atoms with van der Waals surface area (Å²) in [6, 6.07) is 0. The predicted molar refractivity (Wildman–Crippen MR) is 68.2 cm³/mol. The molecule has 1 saturated carbocycles. The van der Waals surface area contributed by atoms with Crippen molar-refractivity contribution in [1.29, 1.82) is 0 Å². The van der Waals surface area contributed by atoms with Crippen LogP contribution in [0.5, 0.6) is 0 Å². The van der Waals surface area contributed by atoms with Gasteiger partial charge in [0.05, 0.1) is 0 Å². The smallest absolute Gasteiger partial charge is 0.0447 e. The van der Waals surface area contributed by atoms with Crippen molar-refractivity contribution >= 4 is 11.8 Å². The van der Waals surface area contributed by atoms with Crippen LogP contribution in [0.25, 0.3) is 0 Å². The van der Waals surface area contributed by atoms with Crippen LogP contribution in [0.2, 0.25) is 0 Å². The van der Waals surface area contributed by atoms with Gasteiger partial charge in [0, 0.05) is 17.8 Å². The fourth-order valence-electron chi connectivity index (χ4n) is 2.37. The van der Waals surface area contributed by atoms with Gasteiger partial charge in [-0.3, -0.25) is 0 Å². The van der Waals surface area contributed by atoms with E-state index in [9.17, 15) is 0 Å². The molecule has 1 heterocycles. The van der Waals surface area contributed by atoms with Crippen molar-refractivity contribution in [3.05, 3.63) is 0 Å². The van der Waals surface area contributed by atoms with Crippen LogP contribution in [0.15, 0.2) is 0 Å². The first-order valence-corrected chi connectivity index (χ1v) is 7.28. The molecule has 0 aromatic rings. The molecule has 0 spiro atoms. The normalized spacial score (nSPS) is 35.4. The molecule has 1 aliphatic carbocycles. The second-order valence-corrected chi connectivity index (χ2v) is 6.90. The molecule has 2 rings (SSSR count). The van der Waals surface area contributed by atoms with Gasteiger partial charge >= 0.3 is 0 Å². The van der Waals surface area contributed by atoms with Gasteiger partial charge in [0.2, 0.25) is 0 Å². The third-order valence-electron chi connectivity index (χ3n) is 4.29. The molecule has 2 nitrogen and oxygen atoms in total. The average molecular weight is 228 g/mol. The lowest BCUT2D eigenvalue weighted by molar-refractivity contribution is 0.136. The van der Waals surface area contributed by atoms with Crippen molar-refractivity contribution in [2.45, 2.75) is 38.6 Å². The quantitative estimate of drug-likeness (QED) is 0.771. The first-order chi connectivity index (χ1) is 7.10. The number of hydrogen-bond acceptors (Lipinski definition) is 3. The summed E-state index contributed by atoms with van der Waals surface area (Å²) >= 11 is 2.06. The van der Waals surface area contributed by atoms with E-state index in [4.69, 9.17) is 5.73 Å². The Kier molecular flexibility index (Phi) is 3.34. The summed E-state index contributed by atoms with van der Waals surface area (Å²) in [5, 5.41) is 3.79. The van der Waals surface area contributed by atoms with Crippen molar-refractivity contribution < 1.29 is 0 Å². The van der Waals surface area contributed by atoms with Gasteiger partial charge in [0.25, 0.3) is 0 Å². The minimum absolute atomic E-state index is 0.179. The maximum absolute atomic E-state index is 6.04. The lowest BCUT2D eigenvalue weighted by atomic mass is 9.70. The topological polar surface area (TPSA) is 38.0 Å². The highest BCUT2D eigenvalue weighted by atomic mass is 32.2. The van der Waals surface area contributed by atoms with E-state index in [0.717, 1.165) is 12.5 Å². The van der Waals surface area contributed by atoms with Crippen LogP contribution in [0.3, 0.4) is 0 Å². The minimum Gasteiger partial charge on any atom is -0.329 e. The Morgan fingerprint density at radius 3 is 2.67 bits per heavy atom. The molecule has 1 saturated heterocycles. The molecule has 2 fully saturated rings. The molecular formula is C12H24N2S. The standard InChI is InChI=1S/C12H24N2S/c1-11(2)5-6-15-9-12(11,8-13)14-7-10-3-4-10/h10,14H,3-9,13H2,1-2H3. The van der Waals surface area contributed by atoms with Crippen molar-refractivity contribution in [3.8, 4) is 0 Å². The number of rotatable bonds is 4. The Morgan fingerprint density at radius 2 is 2.13 bits per heavy atom. The third kappa shape index (κ3) is 2.34. The van der Waals surface area contributed by atoms with Gasteiger partial charge in [-0.25, -0.2) is 0 Å². The van der Waals surface area contributed by atoms with Crippen LogP contribution < -0.4 is 11.1 Å². The molecule has 0 aromatic heterocycles. The summed E-state index contributed by atoms with van der Waals surface area (Å²) in [5.74, 6) is 3.42. The first kappa shape index (κ1) is 11.7. The SMILES string of the molecule is CC1(C)CCSCC1(CN)NCC1CC1. The molecule has 15 heavy (non-hydrogen) atoms. The first-order valence-electron chi connectivity index (χ1n) is 6.12. The van der Waals surface area contributed by atoms with Crippen LogP contribution in [0.4, 0.5) is 0 Å². The molecular weight excluding hydrogens is 204 g/mol. The highest BCUT2D eigenvalue weighted by molar-refractivity contribution is 7.99. The largest absolute Gasteiger partial charge is 0.329 e. The van der Waals surface area contributed by atoms with Gasteiger partial charge in [0.1, 0.15) is 0 Å². The highest BCUT2D eigenvalue weighted by Crippen LogP contribution is 2.42. The van der Waals surface area contributed by atoms with Crippen molar-refractivity contribution in [2.24, 2.45) is 17.1 Å².